The van der Waals surface area contributed by atoms with Gasteiger partial charge in [-0.1, -0.05) is 11.8 Å². The number of anilines is 1. The molecule has 132 valence electrons. The first-order valence-electron chi connectivity index (χ1n) is 8.26. The number of carbonyl (C=O) groups is 1. The molecule has 0 aliphatic carbocycles. The first-order chi connectivity index (χ1) is 12.0. The number of benzene rings is 1. The molecule has 0 amide bonds. The highest BCUT2D eigenvalue weighted by Gasteiger charge is 2.33. The second kappa shape index (κ2) is 6.03. The summed E-state index contributed by atoms with van der Waals surface area (Å²) in [5.74, 6) is -1.75. The molecule has 1 aromatic carbocycles. The lowest BCUT2D eigenvalue weighted by atomic mass is 10.1. The smallest absolute Gasteiger partial charge is 0.342 e. The molecular formula is C17H18FN3O3S. The van der Waals surface area contributed by atoms with E-state index in [1.54, 1.807) is 6.07 Å². The summed E-state index contributed by atoms with van der Waals surface area (Å²) < 4.78 is 16.6. The zero-order valence-electron chi connectivity index (χ0n) is 13.7. The van der Waals surface area contributed by atoms with Crippen LogP contribution in [0.25, 0.3) is 10.9 Å². The van der Waals surface area contributed by atoms with Crippen LogP contribution in [0.1, 0.15) is 29.1 Å². The molecule has 2 aromatic rings. The first-order valence-corrected chi connectivity index (χ1v) is 9.14. The SMILES string of the molecule is CC1Sc2c(C(=O)O)c(=O)c3cc(F)c(N4CCCNCC4)cc3n21. The van der Waals surface area contributed by atoms with Gasteiger partial charge in [0, 0.05) is 25.0 Å². The van der Waals surface area contributed by atoms with E-state index in [1.165, 1.54) is 17.8 Å². The number of halogens is 1. The maximum absolute atomic E-state index is 14.7. The Morgan fingerprint density at radius 1 is 1.36 bits per heavy atom. The van der Waals surface area contributed by atoms with Gasteiger partial charge >= 0.3 is 5.97 Å². The van der Waals surface area contributed by atoms with Crippen LogP contribution in [0.3, 0.4) is 0 Å². The summed E-state index contributed by atoms with van der Waals surface area (Å²) in [6.45, 7) is 5.04. The van der Waals surface area contributed by atoms with Crippen molar-refractivity contribution in [1.82, 2.24) is 9.88 Å². The van der Waals surface area contributed by atoms with Gasteiger partial charge in [-0.2, -0.15) is 0 Å². The quantitative estimate of drug-likeness (QED) is 0.853. The van der Waals surface area contributed by atoms with Crippen LogP contribution in [-0.2, 0) is 0 Å². The number of nitrogens with zero attached hydrogens (tertiary/aromatic N) is 2. The average molecular weight is 363 g/mol. The van der Waals surface area contributed by atoms with Crippen LogP contribution in [0, 0.1) is 5.82 Å². The van der Waals surface area contributed by atoms with E-state index in [0.29, 0.717) is 22.8 Å². The van der Waals surface area contributed by atoms with Crippen molar-refractivity contribution < 1.29 is 14.3 Å². The molecule has 0 spiro atoms. The number of carboxylic acid groups (broad SMARTS) is 1. The van der Waals surface area contributed by atoms with Crippen molar-refractivity contribution in [3.05, 3.63) is 33.7 Å². The molecule has 3 heterocycles. The zero-order valence-corrected chi connectivity index (χ0v) is 14.5. The molecule has 0 bridgehead atoms. The Labute approximate surface area is 147 Å². The minimum Gasteiger partial charge on any atom is -0.477 e. The van der Waals surface area contributed by atoms with Gasteiger partial charge in [0.05, 0.1) is 21.6 Å². The first kappa shape index (κ1) is 16.4. The lowest BCUT2D eigenvalue weighted by Crippen LogP contribution is -2.30. The van der Waals surface area contributed by atoms with E-state index in [1.807, 2.05) is 16.4 Å². The fourth-order valence-electron chi connectivity index (χ4n) is 3.55. The van der Waals surface area contributed by atoms with Crippen molar-refractivity contribution >= 4 is 34.3 Å². The number of nitrogens with one attached hydrogen (secondary N) is 1. The molecule has 2 N–H and O–H groups in total. The van der Waals surface area contributed by atoms with Crippen molar-refractivity contribution in [3.8, 4) is 0 Å². The summed E-state index contributed by atoms with van der Waals surface area (Å²) in [6, 6.07) is 2.89. The van der Waals surface area contributed by atoms with E-state index < -0.39 is 17.2 Å². The number of aromatic carboxylic acids is 1. The average Bonchev–Trinajstić information content (AvgIpc) is 2.83. The van der Waals surface area contributed by atoms with E-state index in [0.717, 1.165) is 26.1 Å². The summed E-state index contributed by atoms with van der Waals surface area (Å²) in [4.78, 5) is 26.0. The van der Waals surface area contributed by atoms with Gasteiger partial charge in [-0.3, -0.25) is 4.79 Å². The highest BCUT2D eigenvalue weighted by Crippen LogP contribution is 2.46. The van der Waals surface area contributed by atoms with Crippen LogP contribution in [0.2, 0.25) is 0 Å². The molecule has 1 aromatic heterocycles. The van der Waals surface area contributed by atoms with Crippen LogP contribution < -0.4 is 15.6 Å². The maximum atomic E-state index is 14.7. The standard InChI is InChI=1S/C17H18FN3O3S/c1-9-21-12-8-13(20-5-2-3-19-4-6-20)11(18)7-10(12)15(22)14(17(23)24)16(21)25-9/h7-9,19H,2-6H2,1H3,(H,23,24). The van der Waals surface area contributed by atoms with Gasteiger partial charge < -0.3 is 19.9 Å². The van der Waals surface area contributed by atoms with Crippen LogP contribution in [0.4, 0.5) is 10.1 Å². The van der Waals surface area contributed by atoms with Gasteiger partial charge in [0.2, 0.25) is 5.43 Å². The number of hydrogen-bond acceptors (Lipinski definition) is 5. The van der Waals surface area contributed by atoms with Crippen LogP contribution in [-0.4, -0.2) is 41.8 Å². The molecule has 6 nitrogen and oxygen atoms in total. The predicted octanol–water partition coefficient (Wildman–Crippen LogP) is 2.26. The second-order valence-corrected chi connectivity index (χ2v) is 7.62. The van der Waals surface area contributed by atoms with Crippen molar-refractivity contribution in [2.75, 3.05) is 31.1 Å². The molecule has 8 heteroatoms. The van der Waals surface area contributed by atoms with Gasteiger partial charge in [-0.05, 0) is 32.0 Å². The van der Waals surface area contributed by atoms with Crippen LogP contribution >= 0.6 is 11.8 Å². The molecule has 1 saturated heterocycles. The molecule has 1 fully saturated rings. The minimum absolute atomic E-state index is 0.0142. The van der Waals surface area contributed by atoms with Crippen molar-refractivity contribution in [3.63, 3.8) is 0 Å². The van der Waals surface area contributed by atoms with Crippen LogP contribution in [0.5, 0.6) is 0 Å². The Morgan fingerprint density at radius 3 is 2.88 bits per heavy atom. The Morgan fingerprint density at radius 2 is 2.16 bits per heavy atom. The molecule has 2 aliphatic heterocycles. The Hall–Kier alpha value is -2.06. The largest absolute Gasteiger partial charge is 0.477 e. The lowest BCUT2D eigenvalue weighted by Gasteiger charge is -2.33. The van der Waals surface area contributed by atoms with Crippen molar-refractivity contribution in [2.45, 2.75) is 23.7 Å². The van der Waals surface area contributed by atoms with Crippen molar-refractivity contribution in [2.24, 2.45) is 0 Å². The maximum Gasteiger partial charge on any atom is 0.342 e. The fraction of sp³-hybridized carbons (Fsp3) is 0.412. The van der Waals surface area contributed by atoms with E-state index in [4.69, 9.17) is 0 Å². The Balaban J connectivity index is 1.95. The molecular weight excluding hydrogens is 345 g/mol. The fourth-order valence-corrected chi connectivity index (χ4v) is 4.71. The molecule has 4 rings (SSSR count). The summed E-state index contributed by atoms with van der Waals surface area (Å²) in [7, 11) is 0. The number of fused-ring (bicyclic) bond motifs is 3. The summed E-state index contributed by atoms with van der Waals surface area (Å²) in [5, 5.41) is 13.3. The number of thioether (sulfide) groups is 1. The van der Waals surface area contributed by atoms with Crippen molar-refractivity contribution in [1.29, 1.82) is 0 Å². The zero-order chi connectivity index (χ0) is 17.7. The van der Waals surface area contributed by atoms with Gasteiger partial charge in [0.1, 0.15) is 11.4 Å². The topological polar surface area (TPSA) is 74.6 Å². The Kier molecular flexibility index (Phi) is 3.96. The van der Waals surface area contributed by atoms with E-state index in [-0.39, 0.29) is 16.3 Å². The lowest BCUT2D eigenvalue weighted by molar-refractivity contribution is 0.0689. The predicted molar refractivity (Wildman–Crippen MR) is 95.4 cm³/mol. The highest BCUT2D eigenvalue weighted by atomic mass is 32.2. The van der Waals surface area contributed by atoms with E-state index in [2.05, 4.69) is 5.32 Å². The second-order valence-electron chi connectivity index (χ2n) is 6.31. The summed E-state index contributed by atoms with van der Waals surface area (Å²) >= 11 is 1.35. The van der Waals surface area contributed by atoms with Gasteiger partial charge in [-0.15, -0.1) is 0 Å². The number of pyridine rings is 1. The van der Waals surface area contributed by atoms with Gasteiger partial charge in [0.15, 0.2) is 0 Å². The third kappa shape index (κ3) is 2.51. The number of rotatable bonds is 2. The minimum atomic E-state index is -1.27. The van der Waals surface area contributed by atoms with E-state index >= 15 is 0 Å². The molecule has 0 saturated carbocycles. The van der Waals surface area contributed by atoms with E-state index in [9.17, 15) is 19.1 Å². The molecule has 0 radical (unpaired) electrons. The number of carboxylic acids is 1. The Bertz CT molecular complexity index is 935. The normalized spacial score (nSPS) is 20.1. The van der Waals surface area contributed by atoms with Gasteiger partial charge in [-0.25, -0.2) is 9.18 Å². The molecule has 1 atom stereocenters. The highest BCUT2D eigenvalue weighted by molar-refractivity contribution is 8.00. The summed E-state index contributed by atoms with van der Waals surface area (Å²) in [6.07, 6.45) is 0.916. The third-order valence-electron chi connectivity index (χ3n) is 4.77. The number of aromatic nitrogens is 1. The molecule has 1 unspecified atom stereocenters. The van der Waals surface area contributed by atoms with Crippen LogP contribution in [0.15, 0.2) is 22.0 Å². The molecule has 2 aliphatic rings. The van der Waals surface area contributed by atoms with Gasteiger partial charge in [0.25, 0.3) is 0 Å². The number of hydrogen-bond donors (Lipinski definition) is 2. The third-order valence-corrected chi connectivity index (χ3v) is 5.95. The monoisotopic (exact) mass is 363 g/mol. The molecule has 25 heavy (non-hydrogen) atoms. The summed E-state index contributed by atoms with van der Waals surface area (Å²) in [5.41, 5.74) is 0.195.